The molecule has 0 bridgehead atoms. The lowest BCUT2D eigenvalue weighted by Crippen LogP contribution is -2.18. The van der Waals surface area contributed by atoms with Gasteiger partial charge in [-0.2, -0.15) is 0 Å². The maximum atomic E-state index is 10.4. The number of carbonyl (C=O) groups is 1. The Hall–Kier alpha value is -0.830. The molecular weight excluding hydrogens is 226 g/mol. The number of carboxylic acid groups (broad SMARTS) is 1. The molecule has 0 aliphatic heterocycles. The summed E-state index contributed by atoms with van der Waals surface area (Å²) in [6, 6.07) is 0. The third-order valence-corrected chi connectivity index (χ3v) is 2.98. The van der Waals surface area contributed by atoms with Gasteiger partial charge in [-0.1, -0.05) is 57.4 Å². The van der Waals surface area contributed by atoms with Gasteiger partial charge in [0.25, 0.3) is 0 Å². The first kappa shape index (κ1) is 17.2. The maximum absolute atomic E-state index is 10.4. The first-order valence-corrected chi connectivity index (χ1v) is 7.27. The van der Waals surface area contributed by atoms with E-state index in [0.717, 1.165) is 12.1 Å². The van der Waals surface area contributed by atoms with Crippen LogP contribution < -0.4 is 5.32 Å². The van der Waals surface area contributed by atoms with Gasteiger partial charge in [-0.15, -0.1) is 0 Å². The van der Waals surface area contributed by atoms with Crippen LogP contribution in [0.1, 0.15) is 65.2 Å². The van der Waals surface area contributed by atoms with Crippen molar-refractivity contribution >= 4 is 5.97 Å². The van der Waals surface area contributed by atoms with Crippen molar-refractivity contribution in [1.82, 2.24) is 5.32 Å². The van der Waals surface area contributed by atoms with Crippen LogP contribution in [-0.4, -0.2) is 24.2 Å². The zero-order chi connectivity index (χ0) is 13.6. The van der Waals surface area contributed by atoms with E-state index in [1.165, 1.54) is 57.4 Å². The minimum Gasteiger partial charge on any atom is -0.478 e. The molecule has 0 saturated carbocycles. The number of nitrogens with one attached hydrogen (secondary N) is 1. The highest BCUT2D eigenvalue weighted by molar-refractivity contribution is 5.80. The molecule has 0 rings (SSSR count). The maximum Gasteiger partial charge on any atom is 0.328 e. The number of rotatable bonds is 12. The lowest BCUT2D eigenvalue weighted by Gasteiger charge is -2.04. The number of unbranched alkanes of at least 4 members (excludes halogenated alkanes) is 7. The Kier molecular flexibility index (Phi) is 12.0. The van der Waals surface area contributed by atoms with Crippen molar-refractivity contribution in [2.24, 2.45) is 0 Å². The van der Waals surface area contributed by atoms with Crippen LogP contribution in [0.2, 0.25) is 0 Å². The van der Waals surface area contributed by atoms with E-state index in [0.29, 0.717) is 6.54 Å². The van der Waals surface area contributed by atoms with Gasteiger partial charge in [0, 0.05) is 12.6 Å². The van der Waals surface area contributed by atoms with Crippen LogP contribution in [-0.2, 0) is 4.79 Å². The molecule has 0 radical (unpaired) electrons. The monoisotopic (exact) mass is 255 g/mol. The Morgan fingerprint density at radius 2 is 1.61 bits per heavy atom. The van der Waals surface area contributed by atoms with Gasteiger partial charge >= 0.3 is 5.97 Å². The molecule has 0 spiro atoms. The fourth-order valence-electron chi connectivity index (χ4n) is 1.93. The lowest BCUT2D eigenvalue weighted by atomic mass is 10.1. The third-order valence-electron chi connectivity index (χ3n) is 2.98. The van der Waals surface area contributed by atoms with Crippen LogP contribution in [0.25, 0.3) is 0 Å². The first-order chi connectivity index (χ1) is 8.66. The van der Waals surface area contributed by atoms with Crippen molar-refractivity contribution in [2.45, 2.75) is 65.2 Å². The fourth-order valence-corrected chi connectivity index (χ4v) is 1.93. The highest BCUT2D eigenvalue weighted by Crippen LogP contribution is 2.07. The molecule has 0 unspecified atom stereocenters. The molecule has 3 nitrogen and oxygen atoms in total. The van der Waals surface area contributed by atoms with Crippen LogP contribution >= 0.6 is 0 Å². The Morgan fingerprint density at radius 1 is 1.06 bits per heavy atom. The zero-order valence-electron chi connectivity index (χ0n) is 12.0. The Bertz CT molecular complexity index is 237. The topological polar surface area (TPSA) is 49.3 Å². The van der Waals surface area contributed by atoms with E-state index in [1.54, 1.807) is 0 Å². The van der Waals surface area contributed by atoms with Crippen molar-refractivity contribution in [3.63, 3.8) is 0 Å². The highest BCUT2D eigenvalue weighted by atomic mass is 16.4. The van der Waals surface area contributed by atoms with E-state index < -0.39 is 5.97 Å². The predicted octanol–water partition coefficient (Wildman–Crippen LogP) is 3.75. The second-order valence-electron chi connectivity index (χ2n) is 4.98. The van der Waals surface area contributed by atoms with Gasteiger partial charge in [0.05, 0.1) is 0 Å². The van der Waals surface area contributed by atoms with Gasteiger partial charge in [0.15, 0.2) is 0 Å². The Morgan fingerprint density at radius 3 is 2.17 bits per heavy atom. The number of aliphatic carboxylic acids is 1. The zero-order valence-corrected chi connectivity index (χ0v) is 12.0. The van der Waals surface area contributed by atoms with Crippen LogP contribution in [0.4, 0.5) is 0 Å². The third kappa shape index (κ3) is 13.2. The van der Waals surface area contributed by atoms with Gasteiger partial charge in [-0.25, -0.2) is 4.79 Å². The average Bonchev–Trinajstić information content (AvgIpc) is 2.30. The van der Waals surface area contributed by atoms with E-state index in [1.807, 2.05) is 6.92 Å². The summed E-state index contributed by atoms with van der Waals surface area (Å²) >= 11 is 0. The second-order valence-corrected chi connectivity index (χ2v) is 4.98. The summed E-state index contributed by atoms with van der Waals surface area (Å²) in [4.78, 5) is 10.4. The molecule has 0 aromatic carbocycles. The lowest BCUT2D eigenvalue weighted by molar-refractivity contribution is -0.131. The minimum absolute atomic E-state index is 0.683. The normalized spacial score (nSPS) is 11.8. The Balaban J connectivity index is 3.19. The Labute approximate surface area is 112 Å². The van der Waals surface area contributed by atoms with E-state index in [2.05, 4.69) is 12.2 Å². The molecule has 18 heavy (non-hydrogen) atoms. The quantitative estimate of drug-likeness (QED) is 0.412. The standard InChI is InChI=1S/C15H29NO2/c1-3-4-5-6-7-8-9-10-11-16-13-14(2)12-15(17)18/h12,16H,3-11,13H2,1-2H3,(H,17,18). The summed E-state index contributed by atoms with van der Waals surface area (Å²) < 4.78 is 0. The summed E-state index contributed by atoms with van der Waals surface area (Å²) in [6.07, 6.45) is 11.9. The molecular formula is C15H29NO2. The van der Waals surface area contributed by atoms with Gasteiger partial charge < -0.3 is 10.4 Å². The fraction of sp³-hybridized carbons (Fsp3) is 0.800. The minimum atomic E-state index is -0.860. The largest absolute Gasteiger partial charge is 0.478 e. The molecule has 0 heterocycles. The van der Waals surface area contributed by atoms with E-state index in [-0.39, 0.29) is 0 Å². The second kappa shape index (κ2) is 12.6. The van der Waals surface area contributed by atoms with E-state index in [9.17, 15) is 4.79 Å². The summed E-state index contributed by atoms with van der Waals surface area (Å²) in [5.74, 6) is -0.860. The van der Waals surface area contributed by atoms with Crippen molar-refractivity contribution in [3.8, 4) is 0 Å². The average molecular weight is 255 g/mol. The van der Waals surface area contributed by atoms with Crippen LogP contribution in [0.15, 0.2) is 11.6 Å². The van der Waals surface area contributed by atoms with Crippen molar-refractivity contribution in [3.05, 3.63) is 11.6 Å². The molecule has 0 aliphatic rings. The predicted molar refractivity (Wildman–Crippen MR) is 76.9 cm³/mol. The van der Waals surface area contributed by atoms with Crippen molar-refractivity contribution < 1.29 is 9.90 Å². The van der Waals surface area contributed by atoms with Gasteiger partial charge in [-0.3, -0.25) is 0 Å². The van der Waals surface area contributed by atoms with Gasteiger partial charge in [-0.05, 0) is 19.9 Å². The summed E-state index contributed by atoms with van der Waals surface area (Å²) in [5, 5.41) is 11.8. The molecule has 3 heteroatoms. The molecule has 0 amide bonds. The summed E-state index contributed by atoms with van der Waals surface area (Å²) in [7, 11) is 0. The van der Waals surface area contributed by atoms with Gasteiger partial charge in [0.2, 0.25) is 0 Å². The highest BCUT2D eigenvalue weighted by Gasteiger charge is 1.95. The first-order valence-electron chi connectivity index (χ1n) is 7.27. The van der Waals surface area contributed by atoms with Gasteiger partial charge in [0.1, 0.15) is 0 Å². The smallest absolute Gasteiger partial charge is 0.328 e. The molecule has 0 aromatic heterocycles. The molecule has 0 fully saturated rings. The molecule has 106 valence electrons. The van der Waals surface area contributed by atoms with E-state index in [4.69, 9.17) is 5.11 Å². The van der Waals surface area contributed by atoms with E-state index >= 15 is 0 Å². The van der Waals surface area contributed by atoms with Crippen molar-refractivity contribution in [2.75, 3.05) is 13.1 Å². The number of hydrogen-bond acceptors (Lipinski definition) is 2. The number of hydrogen-bond donors (Lipinski definition) is 2. The number of carboxylic acids is 1. The molecule has 0 aliphatic carbocycles. The van der Waals surface area contributed by atoms with Crippen LogP contribution in [0, 0.1) is 0 Å². The molecule has 0 aromatic rings. The van der Waals surface area contributed by atoms with Crippen LogP contribution in [0.3, 0.4) is 0 Å². The molecule has 0 saturated heterocycles. The SMILES string of the molecule is CCCCCCCCCCNCC(C)=CC(=O)O. The summed E-state index contributed by atoms with van der Waals surface area (Å²) in [6.45, 7) is 5.75. The van der Waals surface area contributed by atoms with Crippen molar-refractivity contribution in [1.29, 1.82) is 0 Å². The molecule has 2 N–H and O–H groups in total. The molecule has 0 atom stereocenters. The summed E-state index contributed by atoms with van der Waals surface area (Å²) in [5.41, 5.74) is 0.877. The van der Waals surface area contributed by atoms with Crippen LogP contribution in [0.5, 0.6) is 0 Å².